The zero-order valence-electron chi connectivity index (χ0n) is 25.7. The van der Waals surface area contributed by atoms with Crippen molar-refractivity contribution in [3.63, 3.8) is 0 Å². The molecule has 6 rings (SSSR count). The van der Waals surface area contributed by atoms with Gasteiger partial charge in [0.15, 0.2) is 0 Å². The van der Waals surface area contributed by atoms with Gasteiger partial charge in [0.1, 0.15) is 17.7 Å². The minimum Gasteiger partial charge on any atom is -0.444 e. The van der Waals surface area contributed by atoms with Gasteiger partial charge in [-0.15, -0.1) is 0 Å². The second-order valence-electron chi connectivity index (χ2n) is 14.9. The molecular weight excluding hydrogens is 532 g/mol. The van der Waals surface area contributed by atoms with Crippen molar-refractivity contribution < 1.29 is 23.9 Å². The number of fused-ring (bicyclic) bond motifs is 1. The summed E-state index contributed by atoms with van der Waals surface area (Å²) in [5.74, 6) is 0.259. The summed E-state index contributed by atoms with van der Waals surface area (Å²) in [6.45, 7) is 10.7. The third-order valence-electron chi connectivity index (χ3n) is 10.1. The number of hydrogen-bond acceptors (Lipinski definition) is 6. The number of carbonyl (C=O) groups excluding carboxylic acids is 3. The van der Waals surface area contributed by atoms with Crippen LogP contribution in [0.5, 0.6) is 0 Å². The zero-order chi connectivity index (χ0) is 29.7. The van der Waals surface area contributed by atoms with Gasteiger partial charge in [0.2, 0.25) is 11.8 Å². The minimum atomic E-state index is -0.728. The molecule has 0 bridgehead atoms. The standard InChI is InChI=1S/C33H48N4O5/c1-31(2,3)42-30(40)35-26-12-10-24(34-19-32(4)20-41-21-32)16-25-11-13-27(37(25)28(26)38)29(39)36-18-23(17-33(36)14-15-33)22-8-6-5-7-9-22/h5-9,23-27,34H,10-21H2,1-4H3,(H,35,40)/t23-,24+,25-,26+,27+/m1/s1. The Balaban J connectivity index is 1.21. The van der Waals surface area contributed by atoms with Crippen molar-refractivity contribution in [3.05, 3.63) is 35.9 Å². The molecule has 5 aliphatic rings. The van der Waals surface area contributed by atoms with E-state index >= 15 is 0 Å². The maximum Gasteiger partial charge on any atom is 0.408 e. The SMILES string of the molecule is CC1(CN[C@H]2CC[C@H](NC(=O)OC(C)(C)C)C(=O)N3[C@H](CC[C@H]3C(=O)N3C[C@H](c4ccccc4)CC34CC4)C2)COC1. The normalized spacial score (nSPS) is 31.6. The first-order valence-electron chi connectivity index (χ1n) is 15.9. The Hall–Kier alpha value is -2.65. The minimum absolute atomic E-state index is 0.0414. The third kappa shape index (κ3) is 6.05. The summed E-state index contributed by atoms with van der Waals surface area (Å²) in [5.41, 5.74) is 0.674. The van der Waals surface area contributed by atoms with Crippen molar-refractivity contribution in [1.29, 1.82) is 0 Å². The average Bonchev–Trinajstić information content (AvgIpc) is 3.41. The van der Waals surface area contributed by atoms with Crippen LogP contribution in [0.4, 0.5) is 4.79 Å². The highest BCUT2D eigenvalue weighted by Gasteiger charge is 2.58. The van der Waals surface area contributed by atoms with E-state index in [0.29, 0.717) is 25.3 Å². The Morgan fingerprint density at radius 3 is 2.45 bits per heavy atom. The summed E-state index contributed by atoms with van der Waals surface area (Å²) >= 11 is 0. The smallest absolute Gasteiger partial charge is 0.408 e. The maximum absolute atomic E-state index is 14.4. The highest BCUT2D eigenvalue weighted by molar-refractivity contribution is 5.93. The number of hydrogen-bond donors (Lipinski definition) is 2. The van der Waals surface area contributed by atoms with E-state index in [0.717, 1.165) is 58.3 Å². The number of alkyl carbamates (subject to hydrolysis) is 1. The fraction of sp³-hybridized carbons (Fsp3) is 0.727. The largest absolute Gasteiger partial charge is 0.444 e. The van der Waals surface area contributed by atoms with Gasteiger partial charge in [-0.2, -0.15) is 0 Å². The summed E-state index contributed by atoms with van der Waals surface area (Å²) in [6.07, 6.45) is 5.99. The number of nitrogens with zero attached hydrogens (tertiary/aromatic N) is 2. The van der Waals surface area contributed by atoms with Gasteiger partial charge in [0.25, 0.3) is 0 Å². The fourth-order valence-electron chi connectivity index (χ4n) is 7.64. The molecule has 0 radical (unpaired) electrons. The van der Waals surface area contributed by atoms with Crippen molar-refractivity contribution in [1.82, 2.24) is 20.4 Å². The van der Waals surface area contributed by atoms with Crippen LogP contribution in [-0.4, -0.2) is 89.3 Å². The van der Waals surface area contributed by atoms with E-state index in [1.165, 1.54) is 5.56 Å². The zero-order valence-corrected chi connectivity index (χ0v) is 25.7. The lowest BCUT2D eigenvalue weighted by Gasteiger charge is -2.42. The third-order valence-corrected chi connectivity index (χ3v) is 10.1. The number of benzene rings is 1. The average molecular weight is 581 g/mol. The molecule has 4 saturated heterocycles. The van der Waals surface area contributed by atoms with Crippen LogP contribution in [0.2, 0.25) is 0 Å². The number of nitrogens with one attached hydrogen (secondary N) is 2. The van der Waals surface area contributed by atoms with Gasteiger partial charge in [-0.3, -0.25) is 9.59 Å². The molecule has 1 aromatic rings. The molecule has 0 aromatic heterocycles. The summed E-state index contributed by atoms with van der Waals surface area (Å²) in [6, 6.07) is 9.42. The van der Waals surface area contributed by atoms with E-state index in [-0.39, 0.29) is 34.9 Å². The summed E-state index contributed by atoms with van der Waals surface area (Å²) in [4.78, 5) is 45.4. The first kappa shape index (κ1) is 29.4. The van der Waals surface area contributed by atoms with E-state index in [1.807, 2.05) is 31.7 Å². The molecule has 1 saturated carbocycles. The van der Waals surface area contributed by atoms with Crippen molar-refractivity contribution >= 4 is 17.9 Å². The molecule has 1 aromatic carbocycles. The number of amides is 3. The molecule has 4 heterocycles. The van der Waals surface area contributed by atoms with Crippen LogP contribution >= 0.6 is 0 Å². The summed E-state index contributed by atoms with van der Waals surface area (Å²) in [7, 11) is 0. The lowest BCUT2D eigenvalue weighted by Crippen LogP contribution is -2.59. The van der Waals surface area contributed by atoms with Gasteiger partial charge < -0.3 is 29.9 Å². The van der Waals surface area contributed by atoms with E-state index in [1.54, 1.807) is 0 Å². The predicted molar refractivity (Wildman–Crippen MR) is 159 cm³/mol. The molecule has 0 unspecified atom stereocenters. The number of carbonyl (C=O) groups is 3. The van der Waals surface area contributed by atoms with Crippen molar-refractivity contribution in [2.24, 2.45) is 5.41 Å². The molecule has 230 valence electrons. The van der Waals surface area contributed by atoms with Crippen LogP contribution in [-0.2, 0) is 19.1 Å². The van der Waals surface area contributed by atoms with Crippen molar-refractivity contribution in [2.75, 3.05) is 26.3 Å². The second kappa shape index (κ2) is 11.1. The molecule has 9 nitrogen and oxygen atoms in total. The van der Waals surface area contributed by atoms with Gasteiger partial charge in [-0.1, -0.05) is 37.3 Å². The molecule has 5 fully saturated rings. The van der Waals surface area contributed by atoms with Crippen LogP contribution in [0.3, 0.4) is 0 Å². The van der Waals surface area contributed by atoms with E-state index < -0.39 is 23.8 Å². The van der Waals surface area contributed by atoms with Crippen molar-refractivity contribution in [2.45, 2.75) is 120 Å². The Labute approximate surface area is 250 Å². The molecule has 2 N–H and O–H groups in total. The van der Waals surface area contributed by atoms with Gasteiger partial charge in [0, 0.05) is 42.0 Å². The van der Waals surface area contributed by atoms with E-state index in [9.17, 15) is 14.4 Å². The first-order valence-corrected chi connectivity index (χ1v) is 15.9. The molecule has 4 aliphatic heterocycles. The molecule has 5 atom stereocenters. The Morgan fingerprint density at radius 1 is 1.07 bits per heavy atom. The number of rotatable bonds is 6. The predicted octanol–water partition coefficient (Wildman–Crippen LogP) is 3.97. The van der Waals surface area contributed by atoms with Gasteiger partial charge in [-0.05, 0) is 77.7 Å². The van der Waals surface area contributed by atoms with Gasteiger partial charge >= 0.3 is 6.09 Å². The monoisotopic (exact) mass is 580 g/mol. The first-order chi connectivity index (χ1) is 20.0. The lowest BCUT2D eigenvalue weighted by atomic mass is 9.87. The molecule has 42 heavy (non-hydrogen) atoms. The van der Waals surface area contributed by atoms with Crippen LogP contribution in [0.15, 0.2) is 30.3 Å². The van der Waals surface area contributed by atoms with E-state index in [4.69, 9.17) is 9.47 Å². The van der Waals surface area contributed by atoms with Gasteiger partial charge in [0.05, 0.1) is 13.2 Å². The molecular formula is C33H48N4O5. The topological polar surface area (TPSA) is 100 Å². The second-order valence-corrected chi connectivity index (χ2v) is 14.9. The van der Waals surface area contributed by atoms with Crippen LogP contribution < -0.4 is 10.6 Å². The Morgan fingerprint density at radius 2 is 1.81 bits per heavy atom. The van der Waals surface area contributed by atoms with Gasteiger partial charge in [-0.25, -0.2) is 4.79 Å². The molecule has 1 aliphatic carbocycles. The van der Waals surface area contributed by atoms with E-state index in [2.05, 4.69) is 46.7 Å². The summed E-state index contributed by atoms with van der Waals surface area (Å²) < 4.78 is 11.0. The van der Waals surface area contributed by atoms with Crippen LogP contribution in [0.1, 0.15) is 90.5 Å². The quantitative estimate of drug-likeness (QED) is 0.529. The maximum atomic E-state index is 14.4. The fourth-order valence-corrected chi connectivity index (χ4v) is 7.64. The van der Waals surface area contributed by atoms with Crippen LogP contribution in [0, 0.1) is 5.41 Å². The number of ether oxygens (including phenoxy) is 2. The molecule has 9 heteroatoms. The summed E-state index contributed by atoms with van der Waals surface area (Å²) in [5, 5.41) is 6.64. The molecule has 3 amide bonds. The highest BCUT2D eigenvalue weighted by Crippen LogP contribution is 2.54. The van der Waals surface area contributed by atoms with Crippen LogP contribution in [0.25, 0.3) is 0 Å². The molecule has 1 spiro atoms. The Kier molecular flexibility index (Phi) is 7.79. The highest BCUT2D eigenvalue weighted by atomic mass is 16.6. The van der Waals surface area contributed by atoms with Crippen molar-refractivity contribution in [3.8, 4) is 0 Å². The lowest BCUT2D eigenvalue weighted by molar-refractivity contribution is -0.148. The number of likely N-dealkylation sites (tertiary alicyclic amines) is 1. The Bertz CT molecular complexity index is 1170.